The topological polar surface area (TPSA) is 79.9 Å². The number of ether oxygens (including phenoxy) is 1. The van der Waals surface area contributed by atoms with E-state index in [2.05, 4.69) is 16.4 Å². The summed E-state index contributed by atoms with van der Waals surface area (Å²) in [5, 5.41) is 12.3. The van der Waals surface area contributed by atoms with Gasteiger partial charge in [0.15, 0.2) is 5.92 Å². The van der Waals surface area contributed by atoms with Crippen molar-refractivity contribution in [3.05, 3.63) is 54.1 Å². The maximum absolute atomic E-state index is 12.4. The highest BCUT2D eigenvalue weighted by molar-refractivity contribution is 5.97. The summed E-state index contributed by atoms with van der Waals surface area (Å²) < 4.78 is 7.41. The van der Waals surface area contributed by atoms with Gasteiger partial charge in [0.05, 0.1) is 29.8 Å². The summed E-state index contributed by atoms with van der Waals surface area (Å²) in [6, 6.07) is 16.9. The third-order valence-corrected chi connectivity index (χ3v) is 4.38. The predicted molar refractivity (Wildman–Crippen MR) is 93.2 cm³/mol. The van der Waals surface area contributed by atoms with Crippen LogP contribution in [-0.2, 0) is 4.79 Å². The van der Waals surface area contributed by atoms with E-state index in [0.29, 0.717) is 12.6 Å². The Balaban J connectivity index is 1.90. The zero-order valence-electron chi connectivity index (χ0n) is 13.6. The van der Waals surface area contributed by atoms with E-state index < -0.39 is 12.0 Å². The Kier molecular flexibility index (Phi) is 3.62. The standard InChI is InChI=1S/C19H16N4O2/c1-2-25-13-9-7-12(8-10-13)17-14(11-20)18(24)22-19-21-15-5-3-4-6-16(15)23(17)19/h3-10,14,17H,2H2,1H3,(H,21,22,24)/t14-,17-/m1/s1. The van der Waals surface area contributed by atoms with E-state index >= 15 is 0 Å². The first-order valence-electron chi connectivity index (χ1n) is 8.13. The molecule has 1 aliphatic heterocycles. The van der Waals surface area contributed by atoms with Gasteiger partial charge in [0.25, 0.3) is 0 Å². The number of benzene rings is 2. The molecule has 6 nitrogen and oxygen atoms in total. The van der Waals surface area contributed by atoms with Crippen molar-refractivity contribution in [2.24, 2.45) is 5.92 Å². The summed E-state index contributed by atoms with van der Waals surface area (Å²) in [5.74, 6) is 0.0690. The number of nitrogens with zero attached hydrogens (tertiary/aromatic N) is 3. The van der Waals surface area contributed by atoms with Crippen LogP contribution in [0.25, 0.3) is 11.0 Å². The molecular weight excluding hydrogens is 316 g/mol. The number of nitrogens with one attached hydrogen (secondary N) is 1. The SMILES string of the molecule is CCOc1ccc([C@@H]2[C@@H](C#N)C(=O)Nc3nc4ccccc4n32)cc1. The van der Waals surface area contributed by atoms with Crippen molar-refractivity contribution in [1.29, 1.82) is 5.26 Å². The smallest absolute Gasteiger partial charge is 0.246 e. The number of nitriles is 1. The summed E-state index contributed by atoms with van der Waals surface area (Å²) in [6.07, 6.45) is 0. The minimum Gasteiger partial charge on any atom is -0.494 e. The average Bonchev–Trinajstić information content (AvgIpc) is 2.99. The lowest BCUT2D eigenvalue weighted by Gasteiger charge is -2.30. The van der Waals surface area contributed by atoms with Crippen LogP contribution in [0.4, 0.5) is 5.95 Å². The molecule has 0 aliphatic carbocycles. The van der Waals surface area contributed by atoms with Gasteiger partial charge in [-0.3, -0.25) is 10.1 Å². The molecule has 0 radical (unpaired) electrons. The number of carbonyl (C=O) groups excluding carboxylic acids is 1. The second-order valence-corrected chi connectivity index (χ2v) is 5.84. The van der Waals surface area contributed by atoms with Gasteiger partial charge in [-0.2, -0.15) is 5.26 Å². The lowest BCUT2D eigenvalue weighted by atomic mass is 9.91. The first-order valence-corrected chi connectivity index (χ1v) is 8.13. The summed E-state index contributed by atoms with van der Waals surface area (Å²) in [6.45, 7) is 2.51. The predicted octanol–water partition coefficient (Wildman–Crippen LogP) is 3.12. The van der Waals surface area contributed by atoms with Crippen LogP contribution in [0.15, 0.2) is 48.5 Å². The Morgan fingerprint density at radius 1 is 1.24 bits per heavy atom. The van der Waals surface area contributed by atoms with E-state index in [0.717, 1.165) is 22.3 Å². The van der Waals surface area contributed by atoms with E-state index in [1.165, 1.54) is 0 Å². The molecule has 0 saturated carbocycles. The molecule has 124 valence electrons. The monoisotopic (exact) mass is 332 g/mol. The average molecular weight is 332 g/mol. The minimum atomic E-state index is -0.831. The first-order chi connectivity index (χ1) is 12.2. The van der Waals surface area contributed by atoms with Crippen molar-refractivity contribution in [1.82, 2.24) is 9.55 Å². The third kappa shape index (κ3) is 2.41. The number of rotatable bonds is 3. The number of hydrogen-bond donors (Lipinski definition) is 1. The van der Waals surface area contributed by atoms with Crippen LogP contribution in [0.5, 0.6) is 5.75 Å². The highest BCUT2D eigenvalue weighted by atomic mass is 16.5. The summed E-state index contributed by atoms with van der Waals surface area (Å²) >= 11 is 0. The molecule has 2 heterocycles. The molecule has 1 aromatic heterocycles. The molecule has 0 saturated heterocycles. The number of para-hydroxylation sites is 2. The Hall–Kier alpha value is -3.33. The molecule has 0 fully saturated rings. The Morgan fingerprint density at radius 2 is 2.00 bits per heavy atom. The lowest BCUT2D eigenvalue weighted by Crippen LogP contribution is -2.37. The molecule has 0 unspecified atom stereocenters. The van der Waals surface area contributed by atoms with E-state index in [-0.39, 0.29) is 5.91 Å². The van der Waals surface area contributed by atoms with Crippen molar-refractivity contribution in [2.45, 2.75) is 13.0 Å². The zero-order valence-corrected chi connectivity index (χ0v) is 13.6. The van der Waals surface area contributed by atoms with Crippen molar-refractivity contribution in [3.63, 3.8) is 0 Å². The lowest BCUT2D eigenvalue weighted by molar-refractivity contribution is -0.119. The quantitative estimate of drug-likeness (QED) is 0.799. The molecule has 0 spiro atoms. The summed E-state index contributed by atoms with van der Waals surface area (Å²) in [5.41, 5.74) is 2.54. The molecule has 4 rings (SSSR count). The third-order valence-electron chi connectivity index (χ3n) is 4.38. The molecule has 25 heavy (non-hydrogen) atoms. The molecule has 1 N–H and O–H groups in total. The van der Waals surface area contributed by atoms with Gasteiger partial charge in [-0.15, -0.1) is 0 Å². The van der Waals surface area contributed by atoms with Crippen LogP contribution in [0.1, 0.15) is 18.5 Å². The molecule has 1 amide bonds. The number of imidazole rings is 1. The number of fused-ring (bicyclic) bond motifs is 3. The van der Waals surface area contributed by atoms with Gasteiger partial charge < -0.3 is 9.30 Å². The fourth-order valence-corrected chi connectivity index (χ4v) is 3.29. The Bertz CT molecular complexity index is 985. The number of aromatic nitrogens is 2. The van der Waals surface area contributed by atoms with Crippen molar-refractivity contribution < 1.29 is 9.53 Å². The second kappa shape index (κ2) is 5.95. The minimum absolute atomic E-state index is 0.329. The second-order valence-electron chi connectivity index (χ2n) is 5.84. The van der Waals surface area contributed by atoms with E-state index in [4.69, 9.17) is 4.74 Å². The van der Waals surface area contributed by atoms with Crippen LogP contribution in [0.2, 0.25) is 0 Å². The van der Waals surface area contributed by atoms with Crippen LogP contribution < -0.4 is 10.1 Å². The largest absolute Gasteiger partial charge is 0.494 e. The fourth-order valence-electron chi connectivity index (χ4n) is 3.29. The van der Waals surface area contributed by atoms with E-state index in [1.807, 2.05) is 60.0 Å². The number of anilines is 1. The van der Waals surface area contributed by atoms with Crippen LogP contribution in [0.3, 0.4) is 0 Å². The van der Waals surface area contributed by atoms with Crippen LogP contribution in [0, 0.1) is 17.2 Å². The number of hydrogen-bond acceptors (Lipinski definition) is 4. The van der Waals surface area contributed by atoms with Crippen LogP contribution >= 0.6 is 0 Å². The van der Waals surface area contributed by atoms with Gasteiger partial charge in [0, 0.05) is 0 Å². The maximum atomic E-state index is 12.4. The van der Waals surface area contributed by atoms with Gasteiger partial charge in [0.1, 0.15) is 5.75 Å². The van der Waals surface area contributed by atoms with Crippen LogP contribution in [-0.4, -0.2) is 22.1 Å². The molecule has 2 aromatic carbocycles. The molecule has 6 heteroatoms. The van der Waals surface area contributed by atoms with Gasteiger partial charge in [-0.1, -0.05) is 24.3 Å². The highest BCUT2D eigenvalue weighted by Crippen LogP contribution is 2.38. The molecule has 1 aliphatic rings. The molecule has 2 atom stereocenters. The van der Waals surface area contributed by atoms with Crippen molar-refractivity contribution in [3.8, 4) is 11.8 Å². The highest BCUT2D eigenvalue weighted by Gasteiger charge is 2.38. The first kappa shape index (κ1) is 15.2. The van der Waals surface area contributed by atoms with Gasteiger partial charge in [-0.25, -0.2) is 4.98 Å². The van der Waals surface area contributed by atoms with Crippen molar-refractivity contribution in [2.75, 3.05) is 11.9 Å². The van der Waals surface area contributed by atoms with E-state index in [1.54, 1.807) is 0 Å². The molecule has 3 aromatic rings. The Morgan fingerprint density at radius 3 is 2.72 bits per heavy atom. The molecular formula is C19H16N4O2. The fraction of sp³-hybridized carbons (Fsp3) is 0.211. The zero-order chi connectivity index (χ0) is 17.4. The number of carbonyl (C=O) groups is 1. The number of amides is 1. The summed E-state index contributed by atoms with van der Waals surface area (Å²) in [7, 11) is 0. The van der Waals surface area contributed by atoms with Gasteiger partial charge >= 0.3 is 0 Å². The molecule has 0 bridgehead atoms. The van der Waals surface area contributed by atoms with Gasteiger partial charge in [-0.05, 0) is 36.8 Å². The Labute approximate surface area is 144 Å². The van der Waals surface area contributed by atoms with E-state index in [9.17, 15) is 10.1 Å². The summed E-state index contributed by atoms with van der Waals surface area (Å²) in [4.78, 5) is 16.9. The van der Waals surface area contributed by atoms with Gasteiger partial charge in [0.2, 0.25) is 11.9 Å². The van der Waals surface area contributed by atoms with Crippen molar-refractivity contribution >= 4 is 22.9 Å². The normalized spacial score (nSPS) is 19.1. The maximum Gasteiger partial charge on any atom is 0.246 e.